The molecule has 1 heterocycles. The summed E-state index contributed by atoms with van der Waals surface area (Å²) in [5.74, 6) is 0.917. The zero-order chi connectivity index (χ0) is 17.5. The Kier molecular flexibility index (Phi) is 11.1. The molecule has 4 nitrogen and oxygen atoms in total. The van der Waals surface area contributed by atoms with Crippen LogP contribution in [-0.2, 0) is 6.42 Å². The molecule has 6 heteroatoms. The lowest BCUT2D eigenvalue weighted by atomic mass is 9.93. The lowest BCUT2D eigenvalue weighted by molar-refractivity contribution is 0.248. The Hall–Kier alpha value is -0.340. The van der Waals surface area contributed by atoms with Crippen molar-refractivity contribution >= 4 is 41.3 Å². The van der Waals surface area contributed by atoms with Crippen LogP contribution in [0.4, 0.5) is 0 Å². The van der Waals surface area contributed by atoms with Crippen molar-refractivity contribution in [3.8, 4) is 0 Å². The quantitative estimate of drug-likeness (QED) is 0.348. The maximum Gasteiger partial charge on any atom is 0.191 e. The van der Waals surface area contributed by atoms with E-state index in [1.54, 1.807) is 0 Å². The summed E-state index contributed by atoms with van der Waals surface area (Å²) in [5, 5.41) is 6.89. The lowest BCUT2D eigenvalue weighted by Crippen LogP contribution is -2.44. The Morgan fingerprint density at radius 2 is 2.00 bits per heavy atom. The van der Waals surface area contributed by atoms with Crippen LogP contribution in [0, 0.1) is 12.3 Å². The number of nitrogens with one attached hydrogen (secondary N) is 2. The number of aliphatic imine (C=N–C) groups is 1. The molecule has 140 valence electrons. The van der Waals surface area contributed by atoms with Gasteiger partial charge in [0, 0.05) is 41.9 Å². The SMILES string of the molecule is CCNC(=NCC(C)(C)CN(C)C)NC(C)Cc1ccc(C)s1.I. The van der Waals surface area contributed by atoms with Crippen molar-refractivity contribution in [1.29, 1.82) is 0 Å². The first-order valence-corrected chi connectivity index (χ1v) is 9.28. The molecule has 24 heavy (non-hydrogen) atoms. The highest BCUT2D eigenvalue weighted by Crippen LogP contribution is 2.17. The second-order valence-electron chi connectivity index (χ2n) is 7.36. The Bertz CT molecular complexity index is 497. The molecule has 1 rings (SSSR count). The zero-order valence-electron chi connectivity index (χ0n) is 16.3. The monoisotopic (exact) mass is 466 g/mol. The molecule has 0 spiro atoms. The molecule has 1 unspecified atom stereocenters. The summed E-state index contributed by atoms with van der Waals surface area (Å²) in [6.45, 7) is 13.7. The van der Waals surface area contributed by atoms with Gasteiger partial charge in [0.2, 0.25) is 0 Å². The van der Waals surface area contributed by atoms with E-state index in [0.29, 0.717) is 6.04 Å². The van der Waals surface area contributed by atoms with Crippen LogP contribution in [0.2, 0.25) is 0 Å². The largest absolute Gasteiger partial charge is 0.357 e. The molecule has 0 saturated carbocycles. The van der Waals surface area contributed by atoms with Gasteiger partial charge in [0.25, 0.3) is 0 Å². The molecule has 0 radical (unpaired) electrons. The number of nitrogens with zero attached hydrogens (tertiary/aromatic N) is 2. The van der Waals surface area contributed by atoms with E-state index in [2.05, 4.69) is 76.4 Å². The van der Waals surface area contributed by atoms with Crippen molar-refractivity contribution < 1.29 is 0 Å². The molecule has 1 aromatic heterocycles. The van der Waals surface area contributed by atoms with Crippen molar-refractivity contribution in [2.75, 3.05) is 33.7 Å². The van der Waals surface area contributed by atoms with E-state index in [0.717, 1.165) is 32.0 Å². The average Bonchev–Trinajstić information content (AvgIpc) is 2.80. The second-order valence-corrected chi connectivity index (χ2v) is 8.73. The number of halogens is 1. The minimum Gasteiger partial charge on any atom is -0.357 e. The number of hydrogen-bond donors (Lipinski definition) is 2. The van der Waals surface area contributed by atoms with E-state index in [4.69, 9.17) is 4.99 Å². The van der Waals surface area contributed by atoms with Crippen molar-refractivity contribution in [3.63, 3.8) is 0 Å². The van der Waals surface area contributed by atoms with Crippen molar-refractivity contribution in [2.24, 2.45) is 10.4 Å². The fraction of sp³-hybridized carbons (Fsp3) is 0.722. The first-order chi connectivity index (χ1) is 10.7. The molecule has 0 fully saturated rings. The van der Waals surface area contributed by atoms with Gasteiger partial charge < -0.3 is 15.5 Å². The highest BCUT2D eigenvalue weighted by Gasteiger charge is 2.19. The van der Waals surface area contributed by atoms with Crippen molar-refractivity contribution in [1.82, 2.24) is 15.5 Å². The van der Waals surface area contributed by atoms with Crippen LogP contribution in [-0.4, -0.2) is 50.6 Å². The van der Waals surface area contributed by atoms with Gasteiger partial charge in [0.15, 0.2) is 5.96 Å². The number of guanidine groups is 1. The fourth-order valence-corrected chi connectivity index (χ4v) is 3.72. The van der Waals surface area contributed by atoms with Crippen molar-refractivity contribution in [3.05, 3.63) is 21.9 Å². The summed E-state index contributed by atoms with van der Waals surface area (Å²) >= 11 is 1.88. The van der Waals surface area contributed by atoms with Crippen LogP contribution in [0.3, 0.4) is 0 Å². The average molecular weight is 466 g/mol. The highest BCUT2D eigenvalue weighted by molar-refractivity contribution is 14.0. The molecule has 0 bridgehead atoms. The molecule has 0 aliphatic rings. The van der Waals surface area contributed by atoms with Gasteiger partial charge in [-0.3, -0.25) is 4.99 Å². The Morgan fingerprint density at radius 3 is 2.50 bits per heavy atom. The summed E-state index contributed by atoms with van der Waals surface area (Å²) in [7, 11) is 4.22. The molecule has 0 aromatic carbocycles. The van der Waals surface area contributed by atoms with Crippen LogP contribution in [0.5, 0.6) is 0 Å². The Labute approximate surface area is 169 Å². The molecular weight excluding hydrogens is 431 g/mol. The van der Waals surface area contributed by atoms with Gasteiger partial charge in [-0.2, -0.15) is 0 Å². The Morgan fingerprint density at radius 1 is 1.33 bits per heavy atom. The van der Waals surface area contributed by atoms with E-state index in [1.807, 2.05) is 11.3 Å². The molecule has 2 N–H and O–H groups in total. The predicted molar refractivity (Wildman–Crippen MR) is 119 cm³/mol. The third kappa shape index (κ3) is 9.84. The summed E-state index contributed by atoms with van der Waals surface area (Å²) in [6.07, 6.45) is 1.03. The van der Waals surface area contributed by atoms with E-state index >= 15 is 0 Å². The van der Waals surface area contributed by atoms with E-state index in [9.17, 15) is 0 Å². The molecular formula is C18H35IN4S. The molecule has 0 aliphatic carbocycles. The van der Waals surface area contributed by atoms with Crippen LogP contribution < -0.4 is 10.6 Å². The topological polar surface area (TPSA) is 39.7 Å². The first kappa shape index (κ1) is 23.7. The van der Waals surface area contributed by atoms with Gasteiger partial charge in [-0.05, 0) is 52.4 Å². The van der Waals surface area contributed by atoms with Crippen LogP contribution >= 0.6 is 35.3 Å². The number of hydrogen-bond acceptors (Lipinski definition) is 3. The van der Waals surface area contributed by atoms with Gasteiger partial charge >= 0.3 is 0 Å². The maximum absolute atomic E-state index is 4.80. The third-order valence-electron chi connectivity index (χ3n) is 3.44. The van der Waals surface area contributed by atoms with Crippen LogP contribution in [0.25, 0.3) is 0 Å². The predicted octanol–water partition coefficient (Wildman–Crippen LogP) is 3.75. The number of thiophene rings is 1. The molecule has 0 amide bonds. The maximum atomic E-state index is 4.80. The Balaban J connectivity index is 0.00000529. The summed E-state index contributed by atoms with van der Waals surface area (Å²) in [5.41, 5.74) is 0.167. The summed E-state index contributed by atoms with van der Waals surface area (Å²) < 4.78 is 0. The van der Waals surface area contributed by atoms with E-state index < -0.39 is 0 Å². The lowest BCUT2D eigenvalue weighted by Gasteiger charge is -2.27. The standard InChI is InChI=1S/C18H34N4S.HI/c1-8-19-17(20-12-18(4,5)13-22(6)7)21-14(2)11-16-10-9-15(3)23-16;/h9-10,14H,8,11-13H2,1-7H3,(H2,19,20,21);1H. The fourth-order valence-electron chi connectivity index (χ4n) is 2.70. The van der Waals surface area contributed by atoms with Crippen LogP contribution in [0.1, 0.15) is 37.4 Å². The minimum atomic E-state index is 0. The summed E-state index contributed by atoms with van der Waals surface area (Å²) in [6, 6.07) is 4.78. The van der Waals surface area contributed by atoms with Gasteiger partial charge in [-0.1, -0.05) is 13.8 Å². The minimum absolute atomic E-state index is 0. The first-order valence-electron chi connectivity index (χ1n) is 8.47. The molecule has 0 saturated heterocycles. The number of aryl methyl sites for hydroxylation is 1. The number of rotatable bonds is 8. The second kappa shape index (κ2) is 11.3. The smallest absolute Gasteiger partial charge is 0.191 e. The van der Waals surface area contributed by atoms with Crippen molar-refractivity contribution in [2.45, 2.75) is 47.1 Å². The third-order valence-corrected chi connectivity index (χ3v) is 4.46. The molecule has 1 atom stereocenters. The van der Waals surface area contributed by atoms with Crippen LogP contribution in [0.15, 0.2) is 17.1 Å². The van der Waals surface area contributed by atoms with E-state index in [-0.39, 0.29) is 29.4 Å². The normalized spacial score (nSPS) is 13.6. The summed E-state index contributed by atoms with van der Waals surface area (Å²) in [4.78, 5) is 9.81. The van der Waals surface area contributed by atoms with Gasteiger partial charge in [0.05, 0.1) is 0 Å². The molecule has 0 aliphatic heterocycles. The van der Waals surface area contributed by atoms with E-state index in [1.165, 1.54) is 9.75 Å². The van der Waals surface area contributed by atoms with Gasteiger partial charge in [-0.15, -0.1) is 35.3 Å². The zero-order valence-corrected chi connectivity index (χ0v) is 19.4. The van der Waals surface area contributed by atoms with Gasteiger partial charge in [-0.25, -0.2) is 0 Å². The van der Waals surface area contributed by atoms with Gasteiger partial charge in [0.1, 0.15) is 0 Å². The highest BCUT2D eigenvalue weighted by atomic mass is 127. The molecule has 1 aromatic rings.